The van der Waals surface area contributed by atoms with Gasteiger partial charge < -0.3 is 14.2 Å². The van der Waals surface area contributed by atoms with Crippen molar-refractivity contribution < 1.29 is 9.53 Å². The van der Waals surface area contributed by atoms with Crippen molar-refractivity contribution in [3.63, 3.8) is 0 Å². The van der Waals surface area contributed by atoms with E-state index in [1.165, 1.54) is 0 Å². The van der Waals surface area contributed by atoms with Gasteiger partial charge in [-0.1, -0.05) is 30.3 Å². The fourth-order valence-electron chi connectivity index (χ4n) is 2.89. The van der Waals surface area contributed by atoms with Gasteiger partial charge in [-0.25, -0.2) is 9.78 Å². The minimum Gasteiger partial charge on any atom is -0.461 e. The normalized spacial score (nSPS) is 15.2. The summed E-state index contributed by atoms with van der Waals surface area (Å²) in [5.41, 5.74) is 2.44. The third-order valence-electron chi connectivity index (χ3n) is 3.91. The third kappa shape index (κ3) is 2.76. The molecule has 0 aliphatic carbocycles. The van der Waals surface area contributed by atoms with Gasteiger partial charge in [0.1, 0.15) is 5.82 Å². The number of carbonyl (C=O) groups excluding carboxylic acids is 1. The van der Waals surface area contributed by atoms with Gasteiger partial charge in [-0.2, -0.15) is 0 Å². The van der Waals surface area contributed by atoms with Gasteiger partial charge in [0.2, 0.25) is 0 Å². The molecule has 3 rings (SSSR count). The molecule has 0 saturated heterocycles. The van der Waals surface area contributed by atoms with Gasteiger partial charge in [-0.05, 0) is 26.9 Å². The Hall–Kier alpha value is -2.14. The van der Waals surface area contributed by atoms with E-state index in [0.29, 0.717) is 18.8 Å². The number of nitrogens with zero attached hydrogens (tertiary/aromatic N) is 3. The van der Waals surface area contributed by atoms with Crippen LogP contribution in [0.3, 0.4) is 0 Å². The van der Waals surface area contributed by atoms with E-state index < -0.39 is 0 Å². The first-order valence-electron chi connectivity index (χ1n) is 7.71. The van der Waals surface area contributed by atoms with Gasteiger partial charge >= 0.3 is 5.97 Å². The summed E-state index contributed by atoms with van der Waals surface area (Å²) < 4.78 is 7.36. The van der Waals surface area contributed by atoms with Crippen LogP contribution < -0.4 is 0 Å². The second kappa shape index (κ2) is 6.32. The van der Waals surface area contributed by atoms with Crippen LogP contribution in [0.15, 0.2) is 30.3 Å². The first kappa shape index (κ1) is 14.8. The standard InChI is InChI=1S/C17H21N3O2/c1-3-22-17(21)15-14-12-19(2)10-7-11-20(14)16(18-15)13-8-5-4-6-9-13/h4-6,8-9H,3,7,10-12H2,1-2H3. The number of rotatable bonds is 3. The lowest BCUT2D eigenvalue weighted by atomic mass is 10.2. The lowest BCUT2D eigenvalue weighted by molar-refractivity contribution is 0.0517. The Morgan fingerprint density at radius 1 is 1.27 bits per heavy atom. The third-order valence-corrected chi connectivity index (χ3v) is 3.91. The van der Waals surface area contributed by atoms with Crippen molar-refractivity contribution in [2.24, 2.45) is 0 Å². The van der Waals surface area contributed by atoms with Crippen molar-refractivity contribution in [3.8, 4) is 11.4 Å². The lowest BCUT2D eigenvalue weighted by Gasteiger charge is -2.12. The zero-order chi connectivity index (χ0) is 15.5. The summed E-state index contributed by atoms with van der Waals surface area (Å²) >= 11 is 0. The quantitative estimate of drug-likeness (QED) is 0.817. The Kier molecular flexibility index (Phi) is 4.24. The molecule has 0 radical (unpaired) electrons. The SMILES string of the molecule is CCOC(=O)c1nc(-c2ccccc2)n2c1CN(C)CCC2. The monoisotopic (exact) mass is 299 g/mol. The first-order valence-corrected chi connectivity index (χ1v) is 7.71. The molecule has 116 valence electrons. The zero-order valence-corrected chi connectivity index (χ0v) is 13.1. The smallest absolute Gasteiger partial charge is 0.358 e. The summed E-state index contributed by atoms with van der Waals surface area (Å²) in [5, 5.41) is 0. The summed E-state index contributed by atoms with van der Waals surface area (Å²) in [7, 11) is 2.07. The number of benzene rings is 1. The van der Waals surface area contributed by atoms with Crippen molar-refractivity contribution >= 4 is 5.97 Å². The van der Waals surface area contributed by atoms with E-state index in [0.717, 1.165) is 36.6 Å². The lowest BCUT2D eigenvalue weighted by Crippen LogP contribution is -2.19. The van der Waals surface area contributed by atoms with Gasteiger partial charge in [0.15, 0.2) is 5.69 Å². The Bertz CT molecular complexity index is 664. The van der Waals surface area contributed by atoms with Gasteiger partial charge in [0.25, 0.3) is 0 Å². The molecule has 0 amide bonds. The van der Waals surface area contributed by atoms with Crippen LogP contribution in [-0.4, -0.2) is 40.6 Å². The maximum absolute atomic E-state index is 12.3. The molecule has 0 unspecified atom stereocenters. The van der Waals surface area contributed by atoms with Gasteiger partial charge in [-0.15, -0.1) is 0 Å². The highest BCUT2D eigenvalue weighted by molar-refractivity contribution is 5.89. The molecule has 5 heteroatoms. The molecule has 22 heavy (non-hydrogen) atoms. The molecule has 0 spiro atoms. The van der Waals surface area contributed by atoms with E-state index >= 15 is 0 Å². The summed E-state index contributed by atoms with van der Waals surface area (Å²) in [6.45, 7) is 4.78. The topological polar surface area (TPSA) is 47.4 Å². The summed E-state index contributed by atoms with van der Waals surface area (Å²) in [5.74, 6) is 0.526. The molecule has 1 aliphatic rings. The van der Waals surface area contributed by atoms with E-state index in [1.54, 1.807) is 0 Å². The molecule has 5 nitrogen and oxygen atoms in total. The largest absolute Gasteiger partial charge is 0.461 e. The molecule has 0 saturated carbocycles. The maximum atomic E-state index is 12.3. The Morgan fingerprint density at radius 3 is 2.77 bits per heavy atom. The van der Waals surface area contributed by atoms with Crippen LogP contribution in [0.25, 0.3) is 11.4 Å². The average Bonchev–Trinajstić information content (AvgIpc) is 2.76. The van der Waals surface area contributed by atoms with Gasteiger partial charge in [-0.3, -0.25) is 0 Å². The highest BCUT2D eigenvalue weighted by Gasteiger charge is 2.26. The molecule has 1 aromatic heterocycles. The van der Waals surface area contributed by atoms with Crippen molar-refractivity contribution in [2.75, 3.05) is 20.2 Å². The number of hydrogen-bond donors (Lipinski definition) is 0. The molecule has 0 atom stereocenters. The van der Waals surface area contributed by atoms with Crippen LogP contribution in [0, 0.1) is 0 Å². The molecule has 1 aromatic carbocycles. The van der Waals surface area contributed by atoms with E-state index in [1.807, 2.05) is 37.3 Å². The first-order chi connectivity index (χ1) is 10.7. The minimum atomic E-state index is -0.330. The van der Waals surface area contributed by atoms with Crippen molar-refractivity contribution in [3.05, 3.63) is 41.7 Å². The minimum absolute atomic E-state index is 0.330. The maximum Gasteiger partial charge on any atom is 0.358 e. The van der Waals surface area contributed by atoms with Crippen LogP contribution in [0.2, 0.25) is 0 Å². The second-order valence-corrected chi connectivity index (χ2v) is 5.56. The number of ether oxygens (including phenoxy) is 1. The number of esters is 1. The summed E-state index contributed by atoms with van der Waals surface area (Å²) in [6.07, 6.45) is 1.04. The average molecular weight is 299 g/mol. The predicted octanol–water partition coefficient (Wildman–Crippen LogP) is 2.56. The van der Waals surface area contributed by atoms with E-state index in [9.17, 15) is 4.79 Å². The molecular weight excluding hydrogens is 278 g/mol. The molecule has 0 bridgehead atoms. The summed E-state index contributed by atoms with van der Waals surface area (Å²) in [6, 6.07) is 10.0. The molecular formula is C17H21N3O2. The highest BCUT2D eigenvalue weighted by Crippen LogP contribution is 2.26. The van der Waals surface area contributed by atoms with E-state index in [-0.39, 0.29) is 5.97 Å². The predicted molar refractivity (Wildman–Crippen MR) is 84.6 cm³/mol. The fraction of sp³-hybridized carbons (Fsp3) is 0.412. The number of carbonyl (C=O) groups is 1. The zero-order valence-electron chi connectivity index (χ0n) is 13.1. The number of imidazole rings is 1. The van der Waals surface area contributed by atoms with Gasteiger partial charge in [0, 0.05) is 18.7 Å². The van der Waals surface area contributed by atoms with E-state index in [4.69, 9.17) is 4.74 Å². The van der Waals surface area contributed by atoms with Crippen molar-refractivity contribution in [2.45, 2.75) is 26.4 Å². The Labute approximate surface area is 130 Å². The van der Waals surface area contributed by atoms with E-state index in [2.05, 4.69) is 21.5 Å². The molecule has 2 heterocycles. The highest BCUT2D eigenvalue weighted by atomic mass is 16.5. The van der Waals surface area contributed by atoms with Crippen molar-refractivity contribution in [1.82, 2.24) is 14.5 Å². The molecule has 2 aromatic rings. The second-order valence-electron chi connectivity index (χ2n) is 5.56. The van der Waals surface area contributed by atoms with Crippen LogP contribution in [-0.2, 0) is 17.8 Å². The molecule has 0 N–H and O–H groups in total. The Balaban J connectivity index is 2.11. The number of aromatic nitrogens is 2. The van der Waals surface area contributed by atoms with Crippen LogP contribution in [0.1, 0.15) is 29.5 Å². The van der Waals surface area contributed by atoms with Gasteiger partial charge in [0.05, 0.1) is 12.3 Å². The fourth-order valence-corrected chi connectivity index (χ4v) is 2.89. The van der Waals surface area contributed by atoms with Crippen LogP contribution >= 0.6 is 0 Å². The number of fused-ring (bicyclic) bond motifs is 1. The van der Waals surface area contributed by atoms with Crippen LogP contribution in [0.5, 0.6) is 0 Å². The van der Waals surface area contributed by atoms with Crippen LogP contribution in [0.4, 0.5) is 0 Å². The summed E-state index contributed by atoms with van der Waals surface area (Å²) in [4.78, 5) is 19.1. The molecule has 1 aliphatic heterocycles. The van der Waals surface area contributed by atoms with Crippen molar-refractivity contribution in [1.29, 1.82) is 0 Å². The number of hydrogen-bond acceptors (Lipinski definition) is 4. The molecule has 0 fully saturated rings. The Morgan fingerprint density at radius 2 is 2.05 bits per heavy atom.